The van der Waals surface area contributed by atoms with E-state index in [2.05, 4.69) is 4.98 Å². The number of aromatic nitrogens is 2. The van der Waals surface area contributed by atoms with Crippen molar-refractivity contribution in [1.82, 2.24) is 9.38 Å². The number of nitrogens with zero attached hydrogens (tertiary/aromatic N) is 2. The zero-order valence-electron chi connectivity index (χ0n) is 10.5. The monoisotopic (exact) mass is 256 g/mol. The Morgan fingerprint density at radius 2 is 2.05 bits per heavy atom. The molecule has 2 aromatic heterocycles. The van der Waals surface area contributed by atoms with E-state index in [1.807, 2.05) is 34.9 Å². The first-order valence-electron chi connectivity index (χ1n) is 6.02. The molecular formula is C15H13FN2O. The van der Waals surface area contributed by atoms with Crippen LogP contribution < -0.4 is 4.74 Å². The predicted octanol–water partition coefficient (Wildman–Crippen LogP) is 3.07. The van der Waals surface area contributed by atoms with Gasteiger partial charge in [-0.15, -0.1) is 0 Å². The SMILES string of the molecule is COc1cccc2nc(Cc3cccc(F)c3)cn12. The maximum absolute atomic E-state index is 13.1. The molecule has 0 aliphatic rings. The van der Waals surface area contributed by atoms with Gasteiger partial charge in [0.25, 0.3) is 0 Å². The first kappa shape index (κ1) is 11.7. The quantitative estimate of drug-likeness (QED) is 0.720. The number of halogens is 1. The number of pyridine rings is 1. The van der Waals surface area contributed by atoms with Crippen LogP contribution in [-0.4, -0.2) is 16.5 Å². The lowest BCUT2D eigenvalue weighted by molar-refractivity contribution is 0.392. The van der Waals surface area contributed by atoms with Crippen molar-refractivity contribution < 1.29 is 9.13 Å². The number of hydrogen-bond donors (Lipinski definition) is 0. The fraction of sp³-hybridized carbons (Fsp3) is 0.133. The number of rotatable bonds is 3. The largest absolute Gasteiger partial charge is 0.482 e. The van der Waals surface area contributed by atoms with Crippen molar-refractivity contribution >= 4 is 5.65 Å². The highest BCUT2D eigenvalue weighted by Crippen LogP contribution is 2.17. The molecule has 0 unspecified atom stereocenters. The molecule has 0 saturated heterocycles. The molecule has 0 fully saturated rings. The fourth-order valence-corrected chi connectivity index (χ4v) is 2.14. The van der Waals surface area contributed by atoms with Crippen molar-refractivity contribution in [2.45, 2.75) is 6.42 Å². The van der Waals surface area contributed by atoms with Crippen LogP contribution in [0.5, 0.6) is 5.88 Å². The van der Waals surface area contributed by atoms with E-state index in [4.69, 9.17) is 4.74 Å². The van der Waals surface area contributed by atoms with Gasteiger partial charge in [-0.25, -0.2) is 9.37 Å². The summed E-state index contributed by atoms with van der Waals surface area (Å²) in [6, 6.07) is 12.3. The summed E-state index contributed by atoms with van der Waals surface area (Å²) in [5.41, 5.74) is 2.61. The van der Waals surface area contributed by atoms with Gasteiger partial charge in [0.15, 0.2) is 5.88 Å². The van der Waals surface area contributed by atoms with Gasteiger partial charge < -0.3 is 4.74 Å². The molecule has 3 aromatic rings. The standard InChI is InChI=1S/C15H13FN2O/c1-19-15-7-3-6-14-17-13(10-18(14)15)9-11-4-2-5-12(16)8-11/h2-8,10H,9H2,1H3. The van der Waals surface area contributed by atoms with Crippen LogP contribution >= 0.6 is 0 Å². The van der Waals surface area contributed by atoms with Gasteiger partial charge in [0.05, 0.1) is 12.8 Å². The van der Waals surface area contributed by atoms with E-state index < -0.39 is 0 Å². The molecule has 0 aliphatic carbocycles. The van der Waals surface area contributed by atoms with Crippen molar-refractivity contribution in [3.63, 3.8) is 0 Å². The minimum atomic E-state index is -0.223. The smallest absolute Gasteiger partial charge is 0.198 e. The maximum atomic E-state index is 13.1. The van der Waals surface area contributed by atoms with Gasteiger partial charge in [-0.1, -0.05) is 18.2 Å². The highest BCUT2D eigenvalue weighted by Gasteiger charge is 2.06. The molecule has 0 spiro atoms. The molecule has 3 nitrogen and oxygen atoms in total. The van der Waals surface area contributed by atoms with Crippen LogP contribution in [0.3, 0.4) is 0 Å². The normalized spacial score (nSPS) is 10.8. The number of fused-ring (bicyclic) bond motifs is 1. The fourth-order valence-electron chi connectivity index (χ4n) is 2.14. The predicted molar refractivity (Wildman–Crippen MR) is 71.0 cm³/mol. The third-order valence-electron chi connectivity index (χ3n) is 2.99. The summed E-state index contributed by atoms with van der Waals surface area (Å²) in [7, 11) is 1.63. The molecular weight excluding hydrogens is 243 g/mol. The maximum Gasteiger partial charge on any atom is 0.198 e. The van der Waals surface area contributed by atoms with Gasteiger partial charge in [0, 0.05) is 12.6 Å². The summed E-state index contributed by atoms with van der Waals surface area (Å²) in [6.07, 6.45) is 2.52. The summed E-state index contributed by atoms with van der Waals surface area (Å²) in [5.74, 6) is 0.509. The van der Waals surface area contributed by atoms with Crippen LogP contribution in [0.25, 0.3) is 5.65 Å². The zero-order chi connectivity index (χ0) is 13.2. The molecule has 4 heteroatoms. The van der Waals surface area contributed by atoms with Gasteiger partial charge in [0.1, 0.15) is 11.5 Å². The zero-order valence-corrected chi connectivity index (χ0v) is 10.5. The summed E-state index contributed by atoms with van der Waals surface area (Å²) < 4.78 is 20.3. The molecule has 3 rings (SSSR count). The molecule has 1 aromatic carbocycles. The van der Waals surface area contributed by atoms with Crippen LogP contribution in [0.4, 0.5) is 4.39 Å². The van der Waals surface area contributed by atoms with Gasteiger partial charge in [-0.05, 0) is 29.8 Å². The minimum Gasteiger partial charge on any atom is -0.482 e. The van der Waals surface area contributed by atoms with E-state index in [9.17, 15) is 4.39 Å². The lowest BCUT2D eigenvalue weighted by Gasteiger charge is -2.01. The van der Waals surface area contributed by atoms with Crippen LogP contribution in [0.1, 0.15) is 11.3 Å². The Morgan fingerprint density at radius 3 is 2.84 bits per heavy atom. The van der Waals surface area contributed by atoms with Crippen molar-refractivity contribution in [3.8, 4) is 5.88 Å². The van der Waals surface area contributed by atoms with E-state index in [-0.39, 0.29) is 5.82 Å². The Hall–Kier alpha value is -2.36. The second-order valence-electron chi connectivity index (χ2n) is 4.34. The highest BCUT2D eigenvalue weighted by atomic mass is 19.1. The summed E-state index contributed by atoms with van der Waals surface area (Å²) in [4.78, 5) is 4.51. The Morgan fingerprint density at radius 1 is 1.21 bits per heavy atom. The average molecular weight is 256 g/mol. The van der Waals surface area contributed by atoms with Crippen molar-refractivity contribution in [1.29, 1.82) is 0 Å². The number of hydrogen-bond acceptors (Lipinski definition) is 2. The van der Waals surface area contributed by atoms with Crippen molar-refractivity contribution in [2.75, 3.05) is 7.11 Å². The third kappa shape index (κ3) is 2.29. The highest BCUT2D eigenvalue weighted by molar-refractivity contribution is 5.44. The van der Waals surface area contributed by atoms with Crippen molar-refractivity contribution in [3.05, 3.63) is 65.7 Å². The molecule has 0 bridgehead atoms. The summed E-state index contributed by atoms with van der Waals surface area (Å²) in [5, 5.41) is 0. The van der Waals surface area contributed by atoms with E-state index in [0.29, 0.717) is 6.42 Å². The molecule has 0 N–H and O–H groups in total. The molecule has 96 valence electrons. The number of benzene rings is 1. The lowest BCUT2D eigenvalue weighted by Crippen LogP contribution is -1.91. The van der Waals surface area contributed by atoms with Gasteiger partial charge in [-0.3, -0.25) is 4.40 Å². The first-order valence-corrected chi connectivity index (χ1v) is 6.02. The topological polar surface area (TPSA) is 26.5 Å². The van der Waals surface area contributed by atoms with Crippen LogP contribution in [-0.2, 0) is 6.42 Å². The van der Waals surface area contributed by atoms with Crippen LogP contribution in [0.15, 0.2) is 48.7 Å². The molecule has 0 radical (unpaired) electrons. The molecule has 19 heavy (non-hydrogen) atoms. The van der Waals surface area contributed by atoms with E-state index in [0.717, 1.165) is 22.8 Å². The molecule has 2 heterocycles. The van der Waals surface area contributed by atoms with E-state index in [1.54, 1.807) is 13.2 Å². The van der Waals surface area contributed by atoms with Crippen LogP contribution in [0, 0.1) is 5.82 Å². The summed E-state index contributed by atoms with van der Waals surface area (Å²) in [6.45, 7) is 0. The number of imidazole rings is 1. The number of methoxy groups -OCH3 is 1. The second-order valence-corrected chi connectivity index (χ2v) is 4.34. The van der Waals surface area contributed by atoms with Gasteiger partial charge >= 0.3 is 0 Å². The molecule has 0 aliphatic heterocycles. The number of ether oxygens (including phenoxy) is 1. The Bertz CT molecular complexity index is 721. The Labute approximate surface area is 110 Å². The Kier molecular flexibility index (Phi) is 2.91. The van der Waals surface area contributed by atoms with Gasteiger partial charge in [-0.2, -0.15) is 0 Å². The molecule has 0 atom stereocenters. The third-order valence-corrected chi connectivity index (χ3v) is 2.99. The lowest BCUT2D eigenvalue weighted by atomic mass is 10.1. The van der Waals surface area contributed by atoms with E-state index in [1.165, 1.54) is 12.1 Å². The molecule has 0 amide bonds. The van der Waals surface area contributed by atoms with Gasteiger partial charge in [0.2, 0.25) is 0 Å². The van der Waals surface area contributed by atoms with E-state index >= 15 is 0 Å². The average Bonchev–Trinajstić information content (AvgIpc) is 2.80. The first-order chi connectivity index (χ1) is 9.26. The Balaban J connectivity index is 1.98. The minimum absolute atomic E-state index is 0.223. The van der Waals surface area contributed by atoms with Crippen LogP contribution in [0.2, 0.25) is 0 Å². The molecule has 0 saturated carbocycles. The summed E-state index contributed by atoms with van der Waals surface area (Å²) >= 11 is 0. The van der Waals surface area contributed by atoms with Crippen molar-refractivity contribution in [2.24, 2.45) is 0 Å². The second kappa shape index (κ2) is 4.72.